The first-order valence-electron chi connectivity index (χ1n) is 8.67. The van der Waals surface area contributed by atoms with E-state index in [2.05, 4.69) is 4.98 Å². The van der Waals surface area contributed by atoms with Gasteiger partial charge in [-0.05, 0) is 60.7 Å². The van der Waals surface area contributed by atoms with Gasteiger partial charge in [-0.3, -0.25) is 9.88 Å². The van der Waals surface area contributed by atoms with E-state index in [1.54, 1.807) is 24.5 Å². The molecule has 1 fully saturated rings. The van der Waals surface area contributed by atoms with Gasteiger partial charge in [0, 0.05) is 30.2 Å². The number of nitrogens with two attached hydrogens (primary N) is 1. The Hall–Kier alpha value is -2.34. The van der Waals surface area contributed by atoms with Crippen molar-refractivity contribution < 1.29 is 13.2 Å². The molecule has 2 aromatic rings. The van der Waals surface area contributed by atoms with Crippen molar-refractivity contribution >= 4 is 5.70 Å². The zero-order valence-electron chi connectivity index (χ0n) is 14.4. The fraction of sp³-hybridized carbons (Fsp3) is 0.350. The Morgan fingerprint density at radius 3 is 2.62 bits per heavy atom. The molecule has 0 bridgehead atoms. The summed E-state index contributed by atoms with van der Waals surface area (Å²) < 4.78 is 41.6. The largest absolute Gasteiger partial charge is 0.416 e. The second-order valence-electron chi connectivity index (χ2n) is 7.08. The van der Waals surface area contributed by atoms with Crippen LogP contribution in [0.1, 0.15) is 52.6 Å². The molecule has 1 aliphatic carbocycles. The Morgan fingerprint density at radius 1 is 1.15 bits per heavy atom. The quantitative estimate of drug-likeness (QED) is 0.869. The van der Waals surface area contributed by atoms with Gasteiger partial charge in [-0.25, -0.2) is 0 Å². The maximum absolute atomic E-state index is 13.9. The van der Waals surface area contributed by atoms with E-state index in [0.717, 1.165) is 24.0 Å². The van der Waals surface area contributed by atoms with Crippen LogP contribution in [-0.2, 0) is 6.18 Å². The molecule has 0 radical (unpaired) electrons. The van der Waals surface area contributed by atoms with Crippen LogP contribution in [0.5, 0.6) is 0 Å². The number of pyridine rings is 1. The number of likely N-dealkylation sites (N-methyl/N-ethyl adjacent to an activating group) is 1. The zero-order valence-corrected chi connectivity index (χ0v) is 14.4. The van der Waals surface area contributed by atoms with Gasteiger partial charge in [0.1, 0.15) is 0 Å². The first kappa shape index (κ1) is 17.1. The molecule has 0 amide bonds. The van der Waals surface area contributed by atoms with Crippen LogP contribution in [0.2, 0.25) is 0 Å². The maximum atomic E-state index is 13.9. The summed E-state index contributed by atoms with van der Waals surface area (Å²) in [4.78, 5) is 5.99. The van der Waals surface area contributed by atoms with Gasteiger partial charge in [0.05, 0.1) is 11.6 Å². The SMILES string of the molecule is CN1CC=C(N)c2cnccc2C1c1ccc(C2CC2)cc1C(F)(F)F. The molecule has 1 unspecified atom stereocenters. The minimum atomic E-state index is -4.40. The van der Waals surface area contributed by atoms with Crippen LogP contribution in [-0.4, -0.2) is 23.5 Å². The number of hydrogen-bond acceptors (Lipinski definition) is 3. The summed E-state index contributed by atoms with van der Waals surface area (Å²) in [6, 6.07) is 6.05. The van der Waals surface area contributed by atoms with E-state index in [4.69, 9.17) is 5.73 Å². The number of halogens is 3. The Bertz CT molecular complexity index is 869. The van der Waals surface area contributed by atoms with Crippen LogP contribution in [0.3, 0.4) is 0 Å². The summed E-state index contributed by atoms with van der Waals surface area (Å²) in [7, 11) is 1.82. The number of aromatic nitrogens is 1. The number of fused-ring (bicyclic) bond motifs is 1. The minimum Gasteiger partial charge on any atom is -0.398 e. The fourth-order valence-electron chi connectivity index (χ4n) is 3.71. The molecule has 0 spiro atoms. The van der Waals surface area contributed by atoms with Crippen molar-refractivity contribution in [3.8, 4) is 0 Å². The molecule has 0 saturated heterocycles. The molecular formula is C20H20F3N3. The van der Waals surface area contributed by atoms with Crippen molar-refractivity contribution in [3.05, 3.63) is 70.6 Å². The van der Waals surface area contributed by atoms with Crippen molar-refractivity contribution in [1.82, 2.24) is 9.88 Å². The summed E-state index contributed by atoms with van der Waals surface area (Å²) in [5, 5.41) is 0. The lowest BCUT2D eigenvalue weighted by Crippen LogP contribution is -2.27. The number of nitrogens with zero attached hydrogens (tertiary/aromatic N) is 2. The molecule has 1 aliphatic heterocycles. The van der Waals surface area contributed by atoms with Gasteiger partial charge >= 0.3 is 6.18 Å². The van der Waals surface area contributed by atoms with E-state index in [9.17, 15) is 13.2 Å². The van der Waals surface area contributed by atoms with Crippen LogP contribution in [0, 0.1) is 0 Å². The number of hydrogen-bond donors (Lipinski definition) is 1. The van der Waals surface area contributed by atoms with Crippen molar-refractivity contribution in [2.75, 3.05) is 13.6 Å². The first-order valence-corrected chi connectivity index (χ1v) is 8.67. The van der Waals surface area contributed by atoms with Gasteiger partial charge in [0.2, 0.25) is 0 Å². The zero-order chi connectivity index (χ0) is 18.5. The Labute approximate surface area is 150 Å². The molecule has 1 aromatic carbocycles. The molecular weight excluding hydrogens is 339 g/mol. The topological polar surface area (TPSA) is 42.1 Å². The molecule has 2 aliphatic rings. The van der Waals surface area contributed by atoms with E-state index >= 15 is 0 Å². The maximum Gasteiger partial charge on any atom is 0.416 e. The molecule has 1 aromatic heterocycles. The van der Waals surface area contributed by atoms with E-state index in [1.165, 1.54) is 6.07 Å². The fourth-order valence-corrected chi connectivity index (χ4v) is 3.71. The summed E-state index contributed by atoms with van der Waals surface area (Å²) in [6.07, 6.45) is 2.58. The third-order valence-electron chi connectivity index (χ3n) is 5.23. The smallest absolute Gasteiger partial charge is 0.398 e. The average Bonchev–Trinajstić information content (AvgIpc) is 3.45. The van der Waals surface area contributed by atoms with Crippen molar-refractivity contribution in [1.29, 1.82) is 0 Å². The molecule has 2 heterocycles. The molecule has 2 N–H and O–H groups in total. The van der Waals surface area contributed by atoms with Crippen LogP contribution in [0.25, 0.3) is 5.70 Å². The van der Waals surface area contributed by atoms with E-state index in [1.807, 2.05) is 24.1 Å². The monoisotopic (exact) mass is 359 g/mol. The van der Waals surface area contributed by atoms with Gasteiger partial charge in [0.15, 0.2) is 0 Å². The number of rotatable bonds is 2. The predicted molar refractivity (Wildman–Crippen MR) is 94.3 cm³/mol. The molecule has 6 heteroatoms. The van der Waals surface area contributed by atoms with Crippen molar-refractivity contribution in [3.63, 3.8) is 0 Å². The summed E-state index contributed by atoms with van der Waals surface area (Å²) >= 11 is 0. The second-order valence-corrected chi connectivity index (χ2v) is 7.08. The van der Waals surface area contributed by atoms with Crippen LogP contribution in [0.15, 0.2) is 42.7 Å². The highest BCUT2D eigenvalue weighted by molar-refractivity contribution is 5.67. The molecule has 1 saturated carbocycles. The Balaban J connectivity index is 1.90. The molecule has 136 valence electrons. The third kappa shape index (κ3) is 2.98. The van der Waals surface area contributed by atoms with Crippen LogP contribution < -0.4 is 5.73 Å². The van der Waals surface area contributed by atoms with Crippen LogP contribution >= 0.6 is 0 Å². The number of alkyl halides is 3. The molecule has 26 heavy (non-hydrogen) atoms. The normalized spacial score (nSPS) is 21.1. The lowest BCUT2D eigenvalue weighted by molar-refractivity contribution is -0.138. The van der Waals surface area contributed by atoms with Crippen LogP contribution in [0.4, 0.5) is 13.2 Å². The van der Waals surface area contributed by atoms with Crippen molar-refractivity contribution in [2.45, 2.75) is 31.0 Å². The Kier molecular flexibility index (Phi) is 4.03. The predicted octanol–water partition coefficient (Wildman–Crippen LogP) is 4.31. The summed E-state index contributed by atoms with van der Waals surface area (Å²) in [5.41, 5.74) is 8.60. The average molecular weight is 359 g/mol. The highest BCUT2D eigenvalue weighted by Gasteiger charge is 2.39. The minimum absolute atomic E-state index is 0.264. The lowest BCUT2D eigenvalue weighted by atomic mass is 9.89. The summed E-state index contributed by atoms with van der Waals surface area (Å²) in [5.74, 6) is 0.269. The van der Waals surface area contributed by atoms with Gasteiger partial charge in [-0.15, -0.1) is 0 Å². The highest BCUT2D eigenvalue weighted by Crippen LogP contribution is 2.45. The van der Waals surface area contributed by atoms with Gasteiger partial charge in [-0.1, -0.05) is 12.1 Å². The van der Waals surface area contributed by atoms with Gasteiger partial charge in [-0.2, -0.15) is 13.2 Å². The van der Waals surface area contributed by atoms with E-state index in [-0.39, 0.29) is 11.5 Å². The van der Waals surface area contributed by atoms with Crippen molar-refractivity contribution in [2.24, 2.45) is 5.73 Å². The molecule has 4 rings (SSSR count). The van der Waals surface area contributed by atoms with E-state index < -0.39 is 17.8 Å². The Morgan fingerprint density at radius 2 is 1.92 bits per heavy atom. The first-order chi connectivity index (χ1) is 12.4. The van der Waals surface area contributed by atoms with E-state index in [0.29, 0.717) is 17.8 Å². The molecule has 1 atom stereocenters. The molecule has 3 nitrogen and oxygen atoms in total. The summed E-state index contributed by atoms with van der Waals surface area (Å²) in [6.45, 7) is 0.465. The standard InChI is InChI=1S/C20H20F3N3/c1-26-9-7-18(24)16-11-25-8-6-14(16)19(26)15-5-4-13(12-2-3-12)10-17(15)20(21,22)23/h4-8,10-12,19H,2-3,9,24H2,1H3. The second kappa shape index (κ2) is 6.13. The van der Waals surface area contributed by atoms with Gasteiger partial charge in [0.25, 0.3) is 0 Å². The highest BCUT2D eigenvalue weighted by atomic mass is 19.4. The lowest BCUT2D eigenvalue weighted by Gasteiger charge is -2.30. The number of benzene rings is 1. The third-order valence-corrected chi connectivity index (χ3v) is 5.23. The van der Waals surface area contributed by atoms with Gasteiger partial charge < -0.3 is 5.73 Å².